The number of imidazole rings is 1. The van der Waals surface area contributed by atoms with Crippen LogP contribution in [0.1, 0.15) is 17.8 Å². The van der Waals surface area contributed by atoms with Crippen LogP contribution in [0.4, 0.5) is 0 Å². The summed E-state index contributed by atoms with van der Waals surface area (Å²) < 4.78 is 3.26. The average molecular weight is 465 g/mol. The topological polar surface area (TPSA) is 17.8 Å². The lowest BCUT2D eigenvalue weighted by Gasteiger charge is -2.31. The zero-order valence-electron chi connectivity index (χ0n) is 11.3. The highest BCUT2D eigenvalue weighted by Crippen LogP contribution is 2.37. The number of halogens is 3. The molecule has 108 valence electrons. The smallest absolute Gasteiger partial charge is 0.108 e. The molecule has 2 aromatic rings. The first-order chi connectivity index (χ1) is 9.63. The van der Waals surface area contributed by atoms with Crippen LogP contribution in [-0.2, 0) is 18.9 Å². The van der Waals surface area contributed by atoms with E-state index < -0.39 is 0 Å². The summed E-state index contributed by atoms with van der Waals surface area (Å²) in [5.41, 5.74) is 1.40. The van der Waals surface area contributed by atoms with E-state index in [0.717, 1.165) is 29.3 Å². The van der Waals surface area contributed by atoms with Crippen molar-refractivity contribution >= 4 is 47.8 Å². The summed E-state index contributed by atoms with van der Waals surface area (Å²) in [7, 11) is 2.05. The Kier molecular flexibility index (Phi) is 5.87. The summed E-state index contributed by atoms with van der Waals surface area (Å²) in [5, 5.41) is 1.83. The van der Waals surface area contributed by atoms with Crippen LogP contribution in [0.2, 0.25) is 0 Å². The van der Waals surface area contributed by atoms with E-state index in [1.165, 1.54) is 10.0 Å². The van der Waals surface area contributed by atoms with Crippen molar-refractivity contribution in [3.63, 3.8) is 0 Å². The molecule has 0 amide bonds. The van der Waals surface area contributed by atoms with Crippen LogP contribution in [0.5, 0.6) is 0 Å². The molecule has 0 aliphatic carbocycles. The molecule has 0 saturated carbocycles. The monoisotopic (exact) mass is 462 g/mol. The number of benzene rings is 1. The van der Waals surface area contributed by atoms with Gasteiger partial charge in [-0.3, -0.25) is 0 Å². The van der Waals surface area contributed by atoms with Crippen molar-refractivity contribution < 1.29 is 0 Å². The normalized spacial score (nSPS) is 11.8. The van der Waals surface area contributed by atoms with Gasteiger partial charge in [-0.05, 0) is 18.1 Å². The minimum atomic E-state index is 0.0616. The fourth-order valence-electron chi connectivity index (χ4n) is 2.33. The molecule has 0 saturated heterocycles. The van der Waals surface area contributed by atoms with Crippen LogP contribution >= 0.6 is 47.8 Å². The summed E-state index contributed by atoms with van der Waals surface area (Å²) in [6.45, 7) is 0. The summed E-state index contributed by atoms with van der Waals surface area (Å²) in [5.74, 6) is 1.13. The number of rotatable bonds is 6. The second-order valence-corrected chi connectivity index (χ2v) is 6.96. The van der Waals surface area contributed by atoms with Gasteiger partial charge >= 0.3 is 0 Å². The van der Waals surface area contributed by atoms with Crippen LogP contribution in [0.15, 0.2) is 41.1 Å². The van der Waals surface area contributed by atoms with Gasteiger partial charge in [-0.1, -0.05) is 66.0 Å². The Morgan fingerprint density at radius 3 is 2.45 bits per heavy atom. The average Bonchev–Trinajstić information content (AvgIpc) is 2.87. The Balaban J connectivity index is 2.26. The summed E-state index contributed by atoms with van der Waals surface area (Å²) in [6.07, 6.45) is 5.86. The molecule has 0 unspecified atom stereocenters. The van der Waals surface area contributed by atoms with Gasteiger partial charge in [-0.15, -0.1) is 0 Å². The van der Waals surface area contributed by atoms with Crippen LogP contribution in [0.25, 0.3) is 0 Å². The van der Waals surface area contributed by atoms with Gasteiger partial charge in [0.25, 0.3) is 0 Å². The fraction of sp³-hybridized carbons (Fsp3) is 0.400. The van der Waals surface area contributed by atoms with Gasteiger partial charge in [-0.2, -0.15) is 0 Å². The van der Waals surface area contributed by atoms with Gasteiger partial charge in [0.1, 0.15) is 5.82 Å². The van der Waals surface area contributed by atoms with E-state index >= 15 is 0 Å². The number of alkyl halides is 2. The lowest BCUT2D eigenvalue weighted by atomic mass is 9.80. The molecule has 0 N–H and O–H groups in total. The molecular weight excluding hydrogens is 448 g/mol. The number of aryl methyl sites for hydroxylation is 2. The van der Waals surface area contributed by atoms with E-state index in [-0.39, 0.29) is 5.41 Å². The van der Waals surface area contributed by atoms with E-state index in [4.69, 9.17) is 0 Å². The van der Waals surface area contributed by atoms with Gasteiger partial charge in [0.15, 0.2) is 0 Å². The largest absolute Gasteiger partial charge is 0.338 e. The molecule has 0 aliphatic rings. The van der Waals surface area contributed by atoms with Crippen LogP contribution in [-0.4, -0.2) is 20.2 Å². The number of hydrogen-bond acceptors (Lipinski definition) is 1. The Morgan fingerprint density at radius 1 is 1.20 bits per heavy atom. The van der Waals surface area contributed by atoms with Crippen molar-refractivity contribution in [2.75, 3.05) is 10.7 Å². The lowest BCUT2D eigenvalue weighted by Crippen LogP contribution is -2.31. The first kappa shape index (κ1) is 16.2. The van der Waals surface area contributed by atoms with E-state index in [1.54, 1.807) is 0 Å². The Bertz CT molecular complexity index is 562. The third-order valence-electron chi connectivity index (χ3n) is 3.70. The van der Waals surface area contributed by atoms with Crippen molar-refractivity contribution in [3.8, 4) is 0 Å². The second-order valence-electron chi connectivity index (χ2n) is 4.98. The highest BCUT2D eigenvalue weighted by Gasteiger charge is 2.31. The zero-order valence-corrected chi connectivity index (χ0v) is 16.1. The standard InChI is InChI=1S/C15H17Br3N2/c1-20-9-8-19-14(20)6-7-15(10-16,11-17)12-4-2-3-5-13(12)18/h2-5,8-9H,6-7,10-11H2,1H3. The molecule has 1 heterocycles. The molecule has 0 radical (unpaired) electrons. The molecule has 20 heavy (non-hydrogen) atoms. The van der Waals surface area contributed by atoms with Gasteiger partial charge in [0.05, 0.1) is 0 Å². The molecule has 0 bridgehead atoms. The highest BCUT2D eigenvalue weighted by atomic mass is 79.9. The third-order valence-corrected chi connectivity index (χ3v) is 6.54. The second kappa shape index (κ2) is 7.23. The summed E-state index contributed by atoms with van der Waals surface area (Å²) in [4.78, 5) is 4.42. The predicted octanol–water partition coefficient (Wildman–Crippen LogP) is 4.84. The van der Waals surface area contributed by atoms with Gasteiger partial charge in [-0.25, -0.2) is 4.98 Å². The fourth-order valence-corrected chi connectivity index (χ4v) is 5.13. The van der Waals surface area contributed by atoms with Gasteiger partial charge < -0.3 is 4.57 Å². The first-order valence-corrected chi connectivity index (χ1v) is 9.50. The van der Waals surface area contributed by atoms with E-state index in [0.29, 0.717) is 0 Å². The SMILES string of the molecule is Cn1ccnc1CCC(CBr)(CBr)c1ccccc1Br. The van der Waals surface area contributed by atoms with E-state index in [2.05, 4.69) is 81.6 Å². The van der Waals surface area contributed by atoms with Crippen molar-refractivity contribution in [1.82, 2.24) is 9.55 Å². The van der Waals surface area contributed by atoms with Crippen molar-refractivity contribution in [2.24, 2.45) is 7.05 Å². The maximum Gasteiger partial charge on any atom is 0.108 e. The number of nitrogens with zero attached hydrogens (tertiary/aromatic N) is 2. The van der Waals surface area contributed by atoms with Crippen LogP contribution in [0.3, 0.4) is 0 Å². The quantitative estimate of drug-likeness (QED) is 0.559. The molecule has 2 rings (SSSR count). The van der Waals surface area contributed by atoms with Crippen LogP contribution in [0, 0.1) is 0 Å². The van der Waals surface area contributed by atoms with Gasteiger partial charge in [0.2, 0.25) is 0 Å². The van der Waals surface area contributed by atoms with Crippen molar-refractivity contribution in [1.29, 1.82) is 0 Å². The first-order valence-electron chi connectivity index (χ1n) is 6.46. The molecule has 1 aromatic carbocycles. The lowest BCUT2D eigenvalue weighted by molar-refractivity contribution is 0.491. The predicted molar refractivity (Wildman–Crippen MR) is 94.9 cm³/mol. The number of hydrogen-bond donors (Lipinski definition) is 0. The third kappa shape index (κ3) is 3.37. The molecule has 0 spiro atoms. The molecule has 5 heteroatoms. The van der Waals surface area contributed by atoms with E-state index in [9.17, 15) is 0 Å². The zero-order chi connectivity index (χ0) is 14.6. The molecule has 0 aliphatic heterocycles. The minimum Gasteiger partial charge on any atom is -0.338 e. The van der Waals surface area contributed by atoms with Crippen LogP contribution < -0.4 is 0 Å². The molecule has 0 atom stereocenters. The Hall–Kier alpha value is -0.130. The Labute approximate surface area is 145 Å². The van der Waals surface area contributed by atoms with Crippen molar-refractivity contribution in [2.45, 2.75) is 18.3 Å². The summed E-state index contributed by atoms with van der Waals surface area (Å²) >= 11 is 11.1. The highest BCUT2D eigenvalue weighted by molar-refractivity contribution is 9.10. The Morgan fingerprint density at radius 2 is 1.90 bits per heavy atom. The molecular formula is C15H17Br3N2. The minimum absolute atomic E-state index is 0.0616. The van der Waals surface area contributed by atoms with Crippen molar-refractivity contribution in [3.05, 3.63) is 52.5 Å². The van der Waals surface area contributed by atoms with Gasteiger partial charge in [0, 0.05) is 46.4 Å². The maximum atomic E-state index is 4.42. The number of aromatic nitrogens is 2. The van der Waals surface area contributed by atoms with E-state index in [1.807, 2.05) is 19.4 Å². The molecule has 0 fully saturated rings. The molecule has 2 nitrogen and oxygen atoms in total. The molecule has 1 aromatic heterocycles. The summed E-state index contributed by atoms with van der Waals surface area (Å²) in [6, 6.07) is 8.46. The maximum absolute atomic E-state index is 4.42.